The Morgan fingerprint density at radius 2 is 2.33 bits per heavy atom. The lowest BCUT2D eigenvalue weighted by molar-refractivity contribution is 0.125. The van der Waals surface area contributed by atoms with Gasteiger partial charge in [0.1, 0.15) is 5.52 Å². The summed E-state index contributed by atoms with van der Waals surface area (Å²) in [6, 6.07) is 3.03. The van der Waals surface area contributed by atoms with E-state index in [9.17, 15) is 9.50 Å². The number of thiazole rings is 1. The van der Waals surface area contributed by atoms with Crippen molar-refractivity contribution in [1.82, 2.24) is 4.98 Å². The van der Waals surface area contributed by atoms with Crippen molar-refractivity contribution < 1.29 is 14.2 Å². The summed E-state index contributed by atoms with van der Waals surface area (Å²) in [5.41, 5.74) is 0.346. The number of hydrogen-bond acceptors (Lipinski definition) is 5. The van der Waals surface area contributed by atoms with Gasteiger partial charge in [-0.2, -0.15) is 0 Å². The number of ether oxygens (including phenoxy) is 1. The molecule has 1 saturated heterocycles. The Morgan fingerprint density at radius 3 is 3.06 bits per heavy atom. The van der Waals surface area contributed by atoms with E-state index in [-0.39, 0.29) is 11.9 Å². The molecular formula is C11H10BrFN2O2S. The number of aromatic nitrogens is 1. The highest BCUT2D eigenvalue weighted by Crippen LogP contribution is 2.31. The summed E-state index contributed by atoms with van der Waals surface area (Å²) >= 11 is 4.60. The van der Waals surface area contributed by atoms with E-state index in [1.54, 1.807) is 0 Å². The van der Waals surface area contributed by atoms with Gasteiger partial charge in [-0.1, -0.05) is 27.3 Å². The molecule has 0 amide bonds. The van der Waals surface area contributed by atoms with Crippen molar-refractivity contribution in [3.63, 3.8) is 0 Å². The fraction of sp³-hybridized carbons (Fsp3) is 0.364. The van der Waals surface area contributed by atoms with Crippen molar-refractivity contribution in [1.29, 1.82) is 0 Å². The molecule has 0 aliphatic carbocycles. The van der Waals surface area contributed by atoms with E-state index >= 15 is 0 Å². The van der Waals surface area contributed by atoms with E-state index in [0.29, 0.717) is 28.3 Å². The minimum Gasteiger partial charge on any atom is -0.388 e. The number of anilines is 1. The van der Waals surface area contributed by atoms with Crippen LogP contribution in [0.3, 0.4) is 0 Å². The van der Waals surface area contributed by atoms with E-state index in [1.807, 2.05) is 6.07 Å². The van der Waals surface area contributed by atoms with Gasteiger partial charge >= 0.3 is 0 Å². The SMILES string of the molecule is O[C@@H]1COC[C@H]1Nc1nc2c(F)cc(Br)cc2s1. The van der Waals surface area contributed by atoms with Crippen LogP contribution >= 0.6 is 27.3 Å². The van der Waals surface area contributed by atoms with Crippen molar-refractivity contribution in [2.75, 3.05) is 18.5 Å². The van der Waals surface area contributed by atoms with Crippen molar-refractivity contribution in [3.8, 4) is 0 Å². The van der Waals surface area contributed by atoms with E-state index in [0.717, 1.165) is 4.70 Å². The molecule has 0 bridgehead atoms. The van der Waals surface area contributed by atoms with Crippen molar-refractivity contribution in [2.24, 2.45) is 0 Å². The quantitative estimate of drug-likeness (QED) is 0.886. The van der Waals surface area contributed by atoms with Gasteiger partial charge < -0.3 is 15.2 Å². The fourth-order valence-corrected chi connectivity index (χ4v) is 3.42. The molecule has 1 aliphatic heterocycles. The highest BCUT2D eigenvalue weighted by molar-refractivity contribution is 9.10. The fourth-order valence-electron chi connectivity index (χ4n) is 1.86. The Balaban J connectivity index is 1.91. The maximum absolute atomic E-state index is 13.7. The average Bonchev–Trinajstić information content (AvgIpc) is 2.86. The first-order valence-electron chi connectivity index (χ1n) is 5.41. The molecule has 0 radical (unpaired) electrons. The van der Waals surface area contributed by atoms with Gasteiger partial charge in [0.05, 0.1) is 30.1 Å². The average molecular weight is 333 g/mol. The molecule has 1 fully saturated rings. The molecule has 18 heavy (non-hydrogen) atoms. The molecule has 96 valence electrons. The zero-order valence-electron chi connectivity index (χ0n) is 9.19. The predicted molar refractivity (Wildman–Crippen MR) is 71.5 cm³/mol. The number of nitrogens with zero attached hydrogens (tertiary/aromatic N) is 1. The number of halogens is 2. The number of fused-ring (bicyclic) bond motifs is 1. The second kappa shape index (κ2) is 4.73. The number of benzene rings is 1. The Morgan fingerprint density at radius 1 is 1.50 bits per heavy atom. The highest BCUT2D eigenvalue weighted by atomic mass is 79.9. The molecule has 3 rings (SSSR count). The lowest BCUT2D eigenvalue weighted by Gasteiger charge is -2.12. The Hall–Kier alpha value is -0.760. The summed E-state index contributed by atoms with van der Waals surface area (Å²) in [6.45, 7) is 0.756. The van der Waals surface area contributed by atoms with Gasteiger partial charge in [0.2, 0.25) is 0 Å². The highest BCUT2D eigenvalue weighted by Gasteiger charge is 2.26. The zero-order chi connectivity index (χ0) is 12.7. The van der Waals surface area contributed by atoms with Crippen LogP contribution in [0.25, 0.3) is 10.2 Å². The van der Waals surface area contributed by atoms with Crippen LogP contribution in [0.2, 0.25) is 0 Å². The maximum atomic E-state index is 13.7. The van der Waals surface area contributed by atoms with Crippen LogP contribution in [0.4, 0.5) is 9.52 Å². The summed E-state index contributed by atoms with van der Waals surface area (Å²) in [5, 5.41) is 13.3. The van der Waals surface area contributed by atoms with Crippen LogP contribution in [0.1, 0.15) is 0 Å². The van der Waals surface area contributed by atoms with Gasteiger partial charge in [0.15, 0.2) is 10.9 Å². The molecule has 2 heterocycles. The Bertz CT molecular complexity index is 592. The maximum Gasteiger partial charge on any atom is 0.184 e. The molecular weight excluding hydrogens is 323 g/mol. The van der Waals surface area contributed by atoms with Gasteiger partial charge in [-0.3, -0.25) is 0 Å². The van der Waals surface area contributed by atoms with E-state index in [2.05, 4.69) is 26.2 Å². The molecule has 4 nitrogen and oxygen atoms in total. The second-order valence-corrected chi connectivity index (χ2v) is 6.06. The summed E-state index contributed by atoms with van der Waals surface area (Å²) in [4.78, 5) is 4.20. The van der Waals surface area contributed by atoms with Gasteiger partial charge in [-0.25, -0.2) is 9.37 Å². The third kappa shape index (κ3) is 2.23. The van der Waals surface area contributed by atoms with Crippen molar-refractivity contribution >= 4 is 42.6 Å². The van der Waals surface area contributed by atoms with Crippen LogP contribution in [0.5, 0.6) is 0 Å². The molecule has 1 aliphatic rings. The summed E-state index contributed by atoms with van der Waals surface area (Å²) in [6.07, 6.45) is -0.548. The lowest BCUT2D eigenvalue weighted by atomic mass is 10.2. The molecule has 0 saturated carbocycles. The van der Waals surface area contributed by atoms with Crippen LogP contribution in [-0.4, -0.2) is 35.5 Å². The minimum atomic E-state index is -0.548. The summed E-state index contributed by atoms with van der Waals surface area (Å²) < 4.78 is 20.3. The zero-order valence-corrected chi connectivity index (χ0v) is 11.6. The third-order valence-electron chi connectivity index (χ3n) is 2.77. The minimum absolute atomic E-state index is 0.183. The summed E-state index contributed by atoms with van der Waals surface area (Å²) in [7, 11) is 0. The molecule has 2 atom stereocenters. The number of rotatable bonds is 2. The first-order chi connectivity index (χ1) is 8.63. The molecule has 1 aromatic carbocycles. The smallest absolute Gasteiger partial charge is 0.184 e. The molecule has 7 heteroatoms. The van der Waals surface area contributed by atoms with Gasteiger partial charge in [-0.05, 0) is 12.1 Å². The lowest BCUT2D eigenvalue weighted by Crippen LogP contribution is -2.31. The number of aliphatic hydroxyl groups excluding tert-OH is 1. The largest absolute Gasteiger partial charge is 0.388 e. The van der Waals surface area contributed by atoms with E-state index in [1.165, 1.54) is 17.4 Å². The molecule has 2 N–H and O–H groups in total. The van der Waals surface area contributed by atoms with E-state index < -0.39 is 6.10 Å². The number of hydrogen-bond donors (Lipinski definition) is 2. The molecule has 0 unspecified atom stereocenters. The normalized spacial score (nSPS) is 23.7. The van der Waals surface area contributed by atoms with Crippen LogP contribution in [0.15, 0.2) is 16.6 Å². The van der Waals surface area contributed by atoms with Crippen LogP contribution < -0.4 is 5.32 Å². The van der Waals surface area contributed by atoms with Gasteiger partial charge in [-0.15, -0.1) is 0 Å². The number of aliphatic hydroxyl groups is 1. The second-order valence-electron chi connectivity index (χ2n) is 4.11. The molecule has 1 aromatic heterocycles. The Kier molecular flexibility index (Phi) is 3.23. The van der Waals surface area contributed by atoms with Crippen molar-refractivity contribution in [3.05, 3.63) is 22.4 Å². The van der Waals surface area contributed by atoms with Gasteiger partial charge in [0, 0.05) is 4.47 Å². The third-order valence-corrected chi connectivity index (χ3v) is 4.16. The van der Waals surface area contributed by atoms with Gasteiger partial charge in [0.25, 0.3) is 0 Å². The van der Waals surface area contributed by atoms with Crippen LogP contribution in [-0.2, 0) is 4.74 Å². The van der Waals surface area contributed by atoms with E-state index in [4.69, 9.17) is 4.74 Å². The Labute approximate surface area is 115 Å². The molecule has 0 spiro atoms. The predicted octanol–water partition coefficient (Wildman–Crippen LogP) is 2.37. The van der Waals surface area contributed by atoms with Crippen LogP contribution in [0, 0.1) is 5.82 Å². The molecule has 2 aromatic rings. The summed E-state index contributed by atoms with van der Waals surface area (Å²) in [5.74, 6) is -0.355. The number of nitrogens with one attached hydrogen (secondary N) is 1. The monoisotopic (exact) mass is 332 g/mol. The topological polar surface area (TPSA) is 54.4 Å². The van der Waals surface area contributed by atoms with Crippen molar-refractivity contribution in [2.45, 2.75) is 12.1 Å². The first kappa shape index (κ1) is 12.3. The first-order valence-corrected chi connectivity index (χ1v) is 7.02. The standard InChI is InChI=1S/C11H10BrFN2O2S/c12-5-1-6(13)10-9(2-5)18-11(15-10)14-7-3-17-4-8(7)16/h1-2,7-8,16H,3-4H2,(H,14,15)/t7-,8-/m1/s1.